The molecule has 2 aliphatic rings. The predicted molar refractivity (Wildman–Crippen MR) is 95.0 cm³/mol. The maximum Gasteiger partial charge on any atom is 0.240 e. The van der Waals surface area contributed by atoms with Crippen LogP contribution in [0.5, 0.6) is 11.5 Å². The van der Waals surface area contributed by atoms with Crippen LogP contribution in [0, 0.1) is 0 Å². The molecular formula is C17H20N4O3S. The lowest BCUT2D eigenvalue weighted by molar-refractivity contribution is -0.117. The topological polar surface area (TPSA) is 66.9 Å². The summed E-state index contributed by atoms with van der Waals surface area (Å²) in [5, 5.41) is 5.34. The Labute approximate surface area is 150 Å². The summed E-state index contributed by atoms with van der Waals surface area (Å²) < 4.78 is 10.8. The van der Waals surface area contributed by atoms with Gasteiger partial charge in [0.2, 0.25) is 12.7 Å². The van der Waals surface area contributed by atoms with Gasteiger partial charge in [-0.25, -0.2) is 4.98 Å². The van der Waals surface area contributed by atoms with Gasteiger partial charge in [0.05, 0.1) is 6.54 Å². The number of thiazole rings is 1. The van der Waals surface area contributed by atoms with Gasteiger partial charge < -0.3 is 14.8 Å². The minimum Gasteiger partial charge on any atom is -0.454 e. The molecule has 0 spiro atoms. The Morgan fingerprint density at radius 3 is 2.76 bits per heavy atom. The molecule has 4 rings (SSSR count). The molecule has 1 fully saturated rings. The van der Waals surface area contributed by atoms with Gasteiger partial charge in [-0.1, -0.05) is 6.07 Å². The molecule has 0 atom stereocenters. The van der Waals surface area contributed by atoms with Crippen molar-refractivity contribution in [2.24, 2.45) is 0 Å². The number of nitrogens with one attached hydrogen (secondary N) is 1. The van der Waals surface area contributed by atoms with Gasteiger partial charge in [0.25, 0.3) is 0 Å². The maximum atomic E-state index is 12.0. The van der Waals surface area contributed by atoms with Crippen molar-refractivity contribution in [1.82, 2.24) is 14.8 Å². The van der Waals surface area contributed by atoms with E-state index in [2.05, 4.69) is 32.2 Å². The number of ether oxygens (including phenoxy) is 2. The van der Waals surface area contributed by atoms with E-state index < -0.39 is 0 Å². The zero-order valence-corrected chi connectivity index (χ0v) is 14.6. The van der Waals surface area contributed by atoms with E-state index in [1.54, 1.807) is 6.20 Å². The van der Waals surface area contributed by atoms with Gasteiger partial charge in [0.1, 0.15) is 0 Å². The van der Waals surface area contributed by atoms with Crippen LogP contribution in [-0.4, -0.2) is 60.2 Å². The van der Waals surface area contributed by atoms with E-state index in [1.165, 1.54) is 16.9 Å². The summed E-state index contributed by atoms with van der Waals surface area (Å²) in [6.07, 6.45) is 1.69. The molecule has 25 heavy (non-hydrogen) atoms. The molecule has 0 saturated carbocycles. The quantitative estimate of drug-likeness (QED) is 0.874. The fraction of sp³-hybridized carbons (Fsp3) is 0.412. The number of carbonyl (C=O) groups excluding carboxylic acids is 1. The highest BCUT2D eigenvalue weighted by Gasteiger charge is 2.20. The highest BCUT2D eigenvalue weighted by atomic mass is 32.1. The molecular weight excluding hydrogens is 340 g/mol. The molecule has 1 N–H and O–H groups in total. The molecule has 1 amide bonds. The molecule has 1 saturated heterocycles. The molecule has 0 bridgehead atoms. The van der Waals surface area contributed by atoms with Crippen molar-refractivity contribution in [2.45, 2.75) is 6.54 Å². The lowest BCUT2D eigenvalue weighted by atomic mass is 10.1. The fourth-order valence-corrected chi connectivity index (χ4v) is 3.60. The molecule has 2 aliphatic heterocycles. The average Bonchev–Trinajstić information content (AvgIpc) is 3.27. The first kappa shape index (κ1) is 16.3. The van der Waals surface area contributed by atoms with E-state index in [0.717, 1.165) is 44.2 Å². The number of hydrogen-bond acceptors (Lipinski definition) is 7. The van der Waals surface area contributed by atoms with Crippen molar-refractivity contribution in [3.63, 3.8) is 0 Å². The maximum absolute atomic E-state index is 12.0. The van der Waals surface area contributed by atoms with Crippen LogP contribution < -0.4 is 14.8 Å². The molecule has 8 heteroatoms. The summed E-state index contributed by atoms with van der Waals surface area (Å²) in [7, 11) is 0. The fourth-order valence-electron chi connectivity index (χ4n) is 3.05. The summed E-state index contributed by atoms with van der Waals surface area (Å²) in [4.78, 5) is 20.7. The summed E-state index contributed by atoms with van der Waals surface area (Å²) in [5.74, 6) is 1.65. The van der Waals surface area contributed by atoms with Crippen LogP contribution in [0.4, 0.5) is 5.13 Å². The number of piperazine rings is 1. The molecule has 1 aromatic carbocycles. The van der Waals surface area contributed by atoms with Gasteiger partial charge in [-0.2, -0.15) is 0 Å². The van der Waals surface area contributed by atoms with Crippen LogP contribution in [0.15, 0.2) is 29.8 Å². The first-order valence-electron chi connectivity index (χ1n) is 8.29. The number of benzene rings is 1. The summed E-state index contributed by atoms with van der Waals surface area (Å²) in [5.41, 5.74) is 1.22. The second kappa shape index (κ2) is 7.38. The molecule has 7 nitrogen and oxygen atoms in total. The third kappa shape index (κ3) is 4.09. The van der Waals surface area contributed by atoms with Crippen LogP contribution in [-0.2, 0) is 11.3 Å². The summed E-state index contributed by atoms with van der Waals surface area (Å²) in [6.45, 7) is 5.26. The predicted octanol–water partition coefficient (Wildman–Crippen LogP) is 1.63. The highest BCUT2D eigenvalue weighted by molar-refractivity contribution is 7.13. The third-order valence-electron chi connectivity index (χ3n) is 4.35. The lowest BCUT2D eigenvalue weighted by Gasteiger charge is -2.34. The van der Waals surface area contributed by atoms with Gasteiger partial charge in [0, 0.05) is 44.3 Å². The number of hydrogen-bond donors (Lipinski definition) is 1. The first-order chi connectivity index (χ1) is 12.3. The van der Waals surface area contributed by atoms with Crippen molar-refractivity contribution < 1.29 is 14.3 Å². The highest BCUT2D eigenvalue weighted by Crippen LogP contribution is 2.32. The van der Waals surface area contributed by atoms with Crippen molar-refractivity contribution in [3.8, 4) is 11.5 Å². The Hall–Kier alpha value is -2.16. The molecule has 1 aromatic heterocycles. The van der Waals surface area contributed by atoms with Crippen LogP contribution >= 0.6 is 11.3 Å². The first-order valence-corrected chi connectivity index (χ1v) is 9.17. The largest absolute Gasteiger partial charge is 0.454 e. The third-order valence-corrected chi connectivity index (χ3v) is 5.04. The van der Waals surface area contributed by atoms with Crippen molar-refractivity contribution in [1.29, 1.82) is 0 Å². The Balaban J connectivity index is 1.23. The number of aromatic nitrogens is 1. The Morgan fingerprint density at radius 2 is 1.96 bits per heavy atom. The minimum atomic E-state index is -0.000768. The van der Waals surface area contributed by atoms with E-state index in [1.807, 2.05) is 11.4 Å². The van der Waals surface area contributed by atoms with Crippen LogP contribution in [0.1, 0.15) is 5.56 Å². The minimum absolute atomic E-state index is 0.000768. The second-order valence-electron chi connectivity index (χ2n) is 6.13. The smallest absolute Gasteiger partial charge is 0.240 e. The van der Waals surface area contributed by atoms with E-state index in [-0.39, 0.29) is 5.91 Å². The number of nitrogens with zero attached hydrogens (tertiary/aromatic N) is 3. The number of anilines is 1. The number of amides is 1. The summed E-state index contributed by atoms with van der Waals surface area (Å²) >= 11 is 1.43. The number of fused-ring (bicyclic) bond motifs is 1. The molecule has 0 aliphatic carbocycles. The van der Waals surface area contributed by atoms with E-state index in [9.17, 15) is 4.79 Å². The van der Waals surface area contributed by atoms with Gasteiger partial charge in [0.15, 0.2) is 16.6 Å². The van der Waals surface area contributed by atoms with Crippen molar-refractivity contribution in [3.05, 3.63) is 35.3 Å². The van der Waals surface area contributed by atoms with Gasteiger partial charge in [-0.3, -0.25) is 14.6 Å². The Kier molecular flexibility index (Phi) is 4.82. The SMILES string of the molecule is O=C(CN1CCN(Cc2ccc3c(c2)OCO3)CC1)Nc1nccs1. The molecule has 0 unspecified atom stereocenters. The van der Waals surface area contributed by atoms with E-state index in [0.29, 0.717) is 18.5 Å². The number of rotatable bonds is 5. The zero-order valence-electron chi connectivity index (χ0n) is 13.8. The van der Waals surface area contributed by atoms with Gasteiger partial charge >= 0.3 is 0 Å². The van der Waals surface area contributed by atoms with Gasteiger partial charge in [-0.15, -0.1) is 11.3 Å². The van der Waals surface area contributed by atoms with Crippen molar-refractivity contribution in [2.75, 3.05) is 44.8 Å². The molecule has 2 aromatic rings. The van der Waals surface area contributed by atoms with Crippen molar-refractivity contribution >= 4 is 22.4 Å². The standard InChI is InChI=1S/C17H20N4O3S/c22-16(19-17-18-3-8-25-17)11-21-6-4-20(5-7-21)10-13-1-2-14-15(9-13)24-12-23-14/h1-3,8-9H,4-7,10-12H2,(H,18,19,22). The lowest BCUT2D eigenvalue weighted by Crippen LogP contribution is -2.48. The monoisotopic (exact) mass is 360 g/mol. The van der Waals surface area contributed by atoms with Crippen LogP contribution in [0.3, 0.4) is 0 Å². The Bertz CT molecular complexity index is 729. The Morgan fingerprint density at radius 1 is 1.16 bits per heavy atom. The average molecular weight is 360 g/mol. The molecule has 3 heterocycles. The second-order valence-corrected chi connectivity index (χ2v) is 7.02. The normalized spacial score (nSPS) is 17.6. The molecule has 0 radical (unpaired) electrons. The summed E-state index contributed by atoms with van der Waals surface area (Å²) in [6, 6.07) is 6.11. The van der Waals surface area contributed by atoms with Gasteiger partial charge in [-0.05, 0) is 17.7 Å². The van der Waals surface area contributed by atoms with E-state index >= 15 is 0 Å². The van der Waals surface area contributed by atoms with Crippen LogP contribution in [0.2, 0.25) is 0 Å². The van der Waals surface area contributed by atoms with E-state index in [4.69, 9.17) is 9.47 Å². The molecule has 132 valence electrons. The number of carbonyl (C=O) groups is 1. The zero-order chi connectivity index (χ0) is 17.1. The van der Waals surface area contributed by atoms with Crippen LogP contribution in [0.25, 0.3) is 0 Å².